The van der Waals surface area contributed by atoms with Crippen LogP contribution in [0.3, 0.4) is 0 Å². The molecule has 8 heteroatoms. The molecule has 1 aromatic rings. The van der Waals surface area contributed by atoms with Gasteiger partial charge in [0.15, 0.2) is 6.10 Å². The summed E-state index contributed by atoms with van der Waals surface area (Å²) in [5.41, 5.74) is 0.610. The molecule has 0 saturated carbocycles. The summed E-state index contributed by atoms with van der Waals surface area (Å²) < 4.78 is 14.6. The predicted octanol–water partition coefficient (Wildman–Crippen LogP) is 1.05. The lowest BCUT2D eigenvalue weighted by Gasteiger charge is -2.25. The number of hydrogen-bond acceptors (Lipinski definition) is 7. The highest BCUT2D eigenvalue weighted by Gasteiger charge is 2.26. The Morgan fingerprint density at radius 3 is 2.70 bits per heavy atom. The van der Waals surface area contributed by atoms with E-state index in [0.717, 1.165) is 6.08 Å². The minimum Gasteiger partial charge on any atom is -0.479 e. The number of ether oxygens (including phenoxy) is 3. The molecule has 1 heterocycles. The van der Waals surface area contributed by atoms with Crippen molar-refractivity contribution in [3.63, 3.8) is 0 Å². The molecule has 1 aliphatic heterocycles. The van der Waals surface area contributed by atoms with Gasteiger partial charge in [-0.2, -0.15) is 0 Å². The lowest BCUT2D eigenvalue weighted by molar-refractivity contribution is -0.138. The molecule has 2 N–H and O–H groups in total. The molecule has 0 aliphatic carbocycles. The fraction of sp³-hybridized carbons (Fsp3) is 0.267. The van der Waals surface area contributed by atoms with Gasteiger partial charge in [0, 0.05) is 0 Å². The number of hydrogen-bond donors (Lipinski definition) is 2. The third-order valence-corrected chi connectivity index (χ3v) is 3.09. The van der Waals surface area contributed by atoms with Crippen molar-refractivity contribution < 1.29 is 28.6 Å². The molecule has 1 unspecified atom stereocenters. The van der Waals surface area contributed by atoms with E-state index in [1.165, 1.54) is 14.2 Å². The van der Waals surface area contributed by atoms with Crippen LogP contribution in [-0.2, 0) is 23.9 Å². The number of esters is 2. The van der Waals surface area contributed by atoms with Crippen LogP contribution >= 0.6 is 0 Å². The van der Waals surface area contributed by atoms with Gasteiger partial charge in [-0.15, -0.1) is 0 Å². The predicted molar refractivity (Wildman–Crippen MR) is 80.9 cm³/mol. The minimum absolute atomic E-state index is 0.138. The number of carbonyl (C=O) groups excluding carboxylic acids is 3. The number of benzene rings is 1. The highest BCUT2D eigenvalue weighted by Crippen LogP contribution is 2.36. The van der Waals surface area contributed by atoms with Gasteiger partial charge in [0.2, 0.25) is 0 Å². The van der Waals surface area contributed by atoms with Gasteiger partial charge in [-0.1, -0.05) is 6.07 Å². The molecule has 1 aliphatic rings. The van der Waals surface area contributed by atoms with Gasteiger partial charge < -0.3 is 24.8 Å². The molecule has 0 spiro atoms. The topological polar surface area (TPSA) is 103 Å². The Bertz CT molecular complexity index is 683. The molecular formula is C15H16N2O6. The van der Waals surface area contributed by atoms with Gasteiger partial charge in [0.05, 0.1) is 26.0 Å². The van der Waals surface area contributed by atoms with Crippen LogP contribution in [0.2, 0.25) is 0 Å². The van der Waals surface area contributed by atoms with Crippen molar-refractivity contribution in [1.82, 2.24) is 0 Å². The van der Waals surface area contributed by atoms with E-state index >= 15 is 0 Å². The van der Waals surface area contributed by atoms with E-state index in [1.807, 2.05) is 0 Å². The van der Waals surface area contributed by atoms with E-state index in [1.54, 1.807) is 25.1 Å². The number of rotatable bonds is 4. The standard InChI is InChI=1S/C15H16N2O6/c1-8-14(19)17-13-9(5-4-6-11(13)23-8)16-10(15(20)22-3)7-12(18)21-2/h4-8,16H,1-3H3,(H,17,19)/b10-7+. The molecule has 2 rings (SSSR count). The fourth-order valence-corrected chi connectivity index (χ4v) is 1.91. The number of methoxy groups -OCH3 is 2. The molecule has 0 aromatic heterocycles. The van der Waals surface area contributed by atoms with E-state index in [-0.39, 0.29) is 11.6 Å². The van der Waals surface area contributed by atoms with Crippen LogP contribution in [0.1, 0.15) is 6.92 Å². The van der Waals surface area contributed by atoms with Gasteiger partial charge in [-0.05, 0) is 19.1 Å². The first-order valence-electron chi connectivity index (χ1n) is 6.71. The number of para-hydroxylation sites is 1. The summed E-state index contributed by atoms with van der Waals surface area (Å²) >= 11 is 0. The van der Waals surface area contributed by atoms with Crippen molar-refractivity contribution in [3.05, 3.63) is 30.0 Å². The Labute approximate surface area is 132 Å². The van der Waals surface area contributed by atoms with Crippen molar-refractivity contribution in [2.24, 2.45) is 0 Å². The Balaban J connectivity index is 2.36. The van der Waals surface area contributed by atoms with Crippen LogP contribution in [0.15, 0.2) is 30.0 Å². The zero-order valence-corrected chi connectivity index (χ0v) is 12.8. The van der Waals surface area contributed by atoms with Crippen LogP contribution < -0.4 is 15.4 Å². The molecule has 8 nitrogen and oxygen atoms in total. The van der Waals surface area contributed by atoms with Gasteiger partial charge in [0.1, 0.15) is 17.1 Å². The van der Waals surface area contributed by atoms with Crippen molar-refractivity contribution in [2.75, 3.05) is 24.9 Å². The maximum atomic E-state index is 11.8. The summed E-state index contributed by atoms with van der Waals surface area (Å²) in [5, 5.41) is 5.44. The second-order valence-corrected chi connectivity index (χ2v) is 4.63. The van der Waals surface area contributed by atoms with Crippen LogP contribution in [0.4, 0.5) is 11.4 Å². The maximum absolute atomic E-state index is 11.8. The Morgan fingerprint density at radius 1 is 1.30 bits per heavy atom. The van der Waals surface area contributed by atoms with E-state index in [0.29, 0.717) is 17.1 Å². The molecule has 1 atom stereocenters. The van der Waals surface area contributed by atoms with E-state index in [9.17, 15) is 14.4 Å². The second kappa shape index (κ2) is 6.82. The highest BCUT2D eigenvalue weighted by molar-refractivity contribution is 6.03. The largest absolute Gasteiger partial charge is 0.479 e. The number of fused-ring (bicyclic) bond motifs is 1. The summed E-state index contributed by atoms with van der Waals surface area (Å²) in [4.78, 5) is 34.9. The Morgan fingerprint density at radius 2 is 2.04 bits per heavy atom. The Kier molecular flexibility index (Phi) is 4.85. The van der Waals surface area contributed by atoms with Crippen molar-refractivity contribution in [3.8, 4) is 5.75 Å². The van der Waals surface area contributed by atoms with Crippen molar-refractivity contribution in [1.29, 1.82) is 0 Å². The van der Waals surface area contributed by atoms with E-state index < -0.39 is 18.0 Å². The zero-order chi connectivity index (χ0) is 17.0. The lowest BCUT2D eigenvalue weighted by Crippen LogP contribution is -2.34. The van der Waals surface area contributed by atoms with E-state index in [4.69, 9.17) is 4.74 Å². The highest BCUT2D eigenvalue weighted by atomic mass is 16.5. The average Bonchev–Trinajstić information content (AvgIpc) is 2.55. The second-order valence-electron chi connectivity index (χ2n) is 4.63. The maximum Gasteiger partial charge on any atom is 0.354 e. The first-order valence-corrected chi connectivity index (χ1v) is 6.71. The van der Waals surface area contributed by atoms with Gasteiger partial charge in [-0.3, -0.25) is 4.79 Å². The van der Waals surface area contributed by atoms with Crippen LogP contribution in [0.25, 0.3) is 0 Å². The Hall–Kier alpha value is -3.03. The van der Waals surface area contributed by atoms with Gasteiger partial charge in [0.25, 0.3) is 5.91 Å². The lowest BCUT2D eigenvalue weighted by atomic mass is 10.2. The van der Waals surface area contributed by atoms with Gasteiger partial charge in [-0.25, -0.2) is 9.59 Å². The molecular weight excluding hydrogens is 304 g/mol. The number of anilines is 2. The SMILES string of the molecule is COC(=O)/C=C(/Nc1cccc2c1NC(=O)C(C)O2)C(=O)OC. The quantitative estimate of drug-likeness (QED) is 0.631. The van der Waals surface area contributed by atoms with E-state index in [2.05, 4.69) is 20.1 Å². The molecule has 122 valence electrons. The zero-order valence-electron chi connectivity index (χ0n) is 12.8. The fourth-order valence-electron chi connectivity index (χ4n) is 1.91. The van der Waals surface area contributed by atoms with Crippen LogP contribution in [0, 0.1) is 0 Å². The summed E-state index contributed by atoms with van der Waals surface area (Å²) in [7, 11) is 2.37. The molecule has 0 bridgehead atoms. The monoisotopic (exact) mass is 320 g/mol. The first-order chi connectivity index (χ1) is 11.0. The molecule has 0 saturated heterocycles. The molecule has 1 aromatic carbocycles. The number of carbonyl (C=O) groups is 3. The number of nitrogens with one attached hydrogen (secondary N) is 2. The summed E-state index contributed by atoms with van der Waals surface area (Å²) in [6, 6.07) is 4.98. The molecule has 0 fully saturated rings. The molecule has 1 amide bonds. The average molecular weight is 320 g/mol. The van der Waals surface area contributed by atoms with Crippen LogP contribution in [-0.4, -0.2) is 38.2 Å². The first kappa shape index (κ1) is 16.3. The molecule has 23 heavy (non-hydrogen) atoms. The summed E-state index contributed by atoms with van der Waals surface area (Å²) in [6.07, 6.45) is 0.336. The van der Waals surface area contributed by atoms with Crippen molar-refractivity contribution in [2.45, 2.75) is 13.0 Å². The summed E-state index contributed by atoms with van der Waals surface area (Å²) in [6.45, 7) is 1.62. The smallest absolute Gasteiger partial charge is 0.354 e. The van der Waals surface area contributed by atoms with Crippen molar-refractivity contribution >= 4 is 29.2 Å². The van der Waals surface area contributed by atoms with Crippen LogP contribution in [0.5, 0.6) is 5.75 Å². The molecule has 0 radical (unpaired) electrons. The number of amides is 1. The van der Waals surface area contributed by atoms with Gasteiger partial charge >= 0.3 is 11.9 Å². The normalized spacial score (nSPS) is 16.6. The third kappa shape index (κ3) is 3.60. The minimum atomic E-state index is -0.760. The summed E-state index contributed by atoms with van der Waals surface area (Å²) in [5.74, 6) is -1.35. The third-order valence-electron chi connectivity index (χ3n) is 3.09.